The summed E-state index contributed by atoms with van der Waals surface area (Å²) in [5, 5.41) is 9.42. The van der Waals surface area contributed by atoms with E-state index in [9.17, 15) is 5.26 Å². The molecule has 0 spiro atoms. The fourth-order valence-corrected chi connectivity index (χ4v) is 2.40. The van der Waals surface area contributed by atoms with Gasteiger partial charge in [0.2, 0.25) is 0 Å². The molecule has 0 amide bonds. The third kappa shape index (κ3) is 3.48. The first-order valence-corrected chi connectivity index (χ1v) is 7.15. The largest absolute Gasteiger partial charge is 0.198 e. The second-order valence-electron chi connectivity index (χ2n) is 5.70. The van der Waals surface area contributed by atoms with Crippen LogP contribution in [0.4, 0.5) is 0 Å². The van der Waals surface area contributed by atoms with Crippen molar-refractivity contribution in [2.75, 3.05) is 0 Å². The van der Waals surface area contributed by atoms with E-state index in [4.69, 9.17) is 0 Å². The summed E-state index contributed by atoms with van der Waals surface area (Å²) in [5.41, 5.74) is 4.89. The van der Waals surface area contributed by atoms with E-state index in [0.717, 1.165) is 12.0 Å². The molecule has 0 heterocycles. The van der Waals surface area contributed by atoms with Gasteiger partial charge in [0.1, 0.15) is 0 Å². The first-order chi connectivity index (χ1) is 9.60. The van der Waals surface area contributed by atoms with Crippen LogP contribution < -0.4 is 0 Å². The van der Waals surface area contributed by atoms with Crippen molar-refractivity contribution in [1.82, 2.24) is 0 Å². The van der Waals surface area contributed by atoms with E-state index in [1.807, 2.05) is 12.1 Å². The quantitative estimate of drug-likeness (QED) is 0.764. The normalized spacial score (nSPS) is 12.2. The minimum Gasteiger partial charge on any atom is -0.198 e. The van der Waals surface area contributed by atoms with Crippen LogP contribution in [0.25, 0.3) is 0 Å². The highest BCUT2D eigenvalue weighted by molar-refractivity contribution is 5.33. The highest BCUT2D eigenvalue weighted by Gasteiger charge is 2.11. The van der Waals surface area contributed by atoms with Gasteiger partial charge in [0.05, 0.1) is 12.0 Å². The topological polar surface area (TPSA) is 23.8 Å². The average molecular weight is 263 g/mol. The molecular weight excluding hydrogens is 242 g/mol. The molecule has 2 aromatic carbocycles. The van der Waals surface area contributed by atoms with Crippen LogP contribution in [0, 0.1) is 18.3 Å². The SMILES string of the molecule is Cc1cccc(C(C#N)Cc2ccc(C(C)C)cc2)c1. The van der Waals surface area contributed by atoms with Gasteiger partial charge < -0.3 is 0 Å². The summed E-state index contributed by atoms with van der Waals surface area (Å²) in [6.45, 7) is 6.45. The van der Waals surface area contributed by atoms with Gasteiger partial charge in [-0.1, -0.05) is 67.9 Å². The Bertz CT molecular complexity index is 602. The van der Waals surface area contributed by atoms with E-state index in [1.165, 1.54) is 16.7 Å². The fraction of sp³-hybridized carbons (Fsp3) is 0.316. The van der Waals surface area contributed by atoms with Crippen LogP contribution in [0.2, 0.25) is 0 Å². The standard InChI is InChI=1S/C19H21N/c1-14(2)17-9-7-16(8-10-17)12-19(13-20)18-6-4-5-15(3)11-18/h4-11,14,19H,12H2,1-3H3. The van der Waals surface area contributed by atoms with Crippen molar-refractivity contribution in [3.05, 3.63) is 70.8 Å². The zero-order valence-corrected chi connectivity index (χ0v) is 12.4. The molecule has 1 heteroatoms. The molecule has 0 aliphatic heterocycles. The maximum Gasteiger partial charge on any atom is 0.0753 e. The summed E-state index contributed by atoms with van der Waals surface area (Å²) in [6.07, 6.45) is 0.776. The number of aryl methyl sites for hydroxylation is 1. The van der Waals surface area contributed by atoms with Gasteiger partial charge in [0.25, 0.3) is 0 Å². The Labute approximate surface area is 121 Å². The Kier molecular flexibility index (Phi) is 4.58. The number of nitrogens with zero attached hydrogens (tertiary/aromatic N) is 1. The van der Waals surface area contributed by atoms with Gasteiger partial charge in [0.15, 0.2) is 0 Å². The van der Waals surface area contributed by atoms with Gasteiger partial charge >= 0.3 is 0 Å². The van der Waals surface area contributed by atoms with Gasteiger partial charge in [0, 0.05) is 0 Å². The van der Waals surface area contributed by atoms with Gasteiger partial charge in [-0.3, -0.25) is 0 Å². The Balaban J connectivity index is 2.16. The highest BCUT2D eigenvalue weighted by Crippen LogP contribution is 2.22. The molecule has 102 valence electrons. The third-order valence-corrected chi connectivity index (χ3v) is 3.69. The van der Waals surface area contributed by atoms with Crippen LogP contribution in [-0.4, -0.2) is 0 Å². The van der Waals surface area contributed by atoms with Crippen molar-refractivity contribution in [2.24, 2.45) is 0 Å². The second kappa shape index (κ2) is 6.39. The minimum absolute atomic E-state index is 0.0696. The van der Waals surface area contributed by atoms with E-state index in [2.05, 4.69) is 63.2 Å². The Morgan fingerprint density at radius 3 is 2.25 bits per heavy atom. The second-order valence-corrected chi connectivity index (χ2v) is 5.70. The summed E-state index contributed by atoms with van der Waals surface area (Å²) in [5.74, 6) is 0.479. The maximum absolute atomic E-state index is 9.42. The van der Waals surface area contributed by atoms with E-state index < -0.39 is 0 Å². The molecule has 0 N–H and O–H groups in total. The van der Waals surface area contributed by atoms with Gasteiger partial charge in [-0.2, -0.15) is 5.26 Å². The van der Waals surface area contributed by atoms with Crippen LogP contribution in [0.1, 0.15) is 47.9 Å². The smallest absolute Gasteiger partial charge is 0.0753 e. The molecular formula is C19H21N. The zero-order valence-electron chi connectivity index (χ0n) is 12.4. The minimum atomic E-state index is -0.0696. The van der Waals surface area contributed by atoms with Gasteiger partial charge in [-0.05, 0) is 36.0 Å². The predicted molar refractivity (Wildman–Crippen MR) is 83.8 cm³/mol. The lowest BCUT2D eigenvalue weighted by Crippen LogP contribution is -2.01. The van der Waals surface area contributed by atoms with Crippen LogP contribution in [0.3, 0.4) is 0 Å². The molecule has 0 fully saturated rings. The van der Waals surface area contributed by atoms with Crippen molar-refractivity contribution in [3.63, 3.8) is 0 Å². The van der Waals surface area contributed by atoms with Crippen LogP contribution in [0.5, 0.6) is 0 Å². The van der Waals surface area contributed by atoms with Crippen molar-refractivity contribution in [1.29, 1.82) is 5.26 Å². The number of rotatable bonds is 4. The lowest BCUT2D eigenvalue weighted by Gasteiger charge is -2.12. The Hall–Kier alpha value is -2.07. The van der Waals surface area contributed by atoms with E-state index in [-0.39, 0.29) is 5.92 Å². The highest BCUT2D eigenvalue weighted by atomic mass is 14.3. The lowest BCUT2D eigenvalue weighted by atomic mass is 9.91. The first kappa shape index (κ1) is 14.3. The molecule has 20 heavy (non-hydrogen) atoms. The van der Waals surface area contributed by atoms with E-state index >= 15 is 0 Å². The molecule has 0 saturated heterocycles. The molecule has 0 bridgehead atoms. The number of benzene rings is 2. The Morgan fingerprint density at radius 2 is 1.70 bits per heavy atom. The molecule has 0 saturated carbocycles. The third-order valence-electron chi connectivity index (χ3n) is 3.69. The molecule has 2 rings (SSSR count). The van der Waals surface area contributed by atoms with E-state index in [1.54, 1.807) is 0 Å². The summed E-state index contributed by atoms with van der Waals surface area (Å²) >= 11 is 0. The summed E-state index contributed by atoms with van der Waals surface area (Å²) in [4.78, 5) is 0. The predicted octanol–water partition coefficient (Wildman–Crippen LogP) is 4.97. The number of hydrogen-bond acceptors (Lipinski definition) is 1. The molecule has 0 aromatic heterocycles. The summed E-state index contributed by atoms with van der Waals surface area (Å²) < 4.78 is 0. The molecule has 0 radical (unpaired) electrons. The van der Waals surface area contributed by atoms with Crippen molar-refractivity contribution >= 4 is 0 Å². The summed E-state index contributed by atoms with van der Waals surface area (Å²) in [7, 11) is 0. The summed E-state index contributed by atoms with van der Waals surface area (Å²) in [6, 6.07) is 19.3. The number of nitriles is 1. The van der Waals surface area contributed by atoms with Crippen molar-refractivity contribution < 1.29 is 0 Å². The zero-order chi connectivity index (χ0) is 14.5. The monoisotopic (exact) mass is 263 g/mol. The lowest BCUT2D eigenvalue weighted by molar-refractivity contribution is 0.838. The van der Waals surface area contributed by atoms with Crippen LogP contribution >= 0.6 is 0 Å². The van der Waals surface area contributed by atoms with Crippen molar-refractivity contribution in [3.8, 4) is 6.07 Å². The molecule has 2 aromatic rings. The van der Waals surface area contributed by atoms with Gasteiger partial charge in [-0.15, -0.1) is 0 Å². The molecule has 1 atom stereocenters. The van der Waals surface area contributed by atoms with Gasteiger partial charge in [-0.25, -0.2) is 0 Å². The molecule has 0 aliphatic rings. The average Bonchev–Trinajstić information content (AvgIpc) is 2.45. The number of hydrogen-bond donors (Lipinski definition) is 0. The maximum atomic E-state index is 9.42. The fourth-order valence-electron chi connectivity index (χ4n) is 2.40. The van der Waals surface area contributed by atoms with Crippen molar-refractivity contribution in [2.45, 2.75) is 39.0 Å². The van der Waals surface area contributed by atoms with Crippen LogP contribution in [-0.2, 0) is 6.42 Å². The van der Waals surface area contributed by atoms with E-state index in [0.29, 0.717) is 5.92 Å². The first-order valence-electron chi connectivity index (χ1n) is 7.15. The molecule has 1 unspecified atom stereocenters. The van der Waals surface area contributed by atoms with Crippen LogP contribution in [0.15, 0.2) is 48.5 Å². The molecule has 0 aliphatic carbocycles. The Morgan fingerprint density at radius 1 is 1.00 bits per heavy atom. The molecule has 1 nitrogen and oxygen atoms in total.